The third kappa shape index (κ3) is 3.59. The lowest BCUT2D eigenvalue weighted by molar-refractivity contribution is -0.155. The van der Waals surface area contributed by atoms with Gasteiger partial charge in [0.25, 0.3) is 0 Å². The summed E-state index contributed by atoms with van der Waals surface area (Å²) in [4.78, 5) is 12.0. The van der Waals surface area contributed by atoms with E-state index in [1.807, 2.05) is 32.0 Å². The van der Waals surface area contributed by atoms with E-state index in [0.29, 0.717) is 12.5 Å². The molecule has 2 unspecified atom stereocenters. The van der Waals surface area contributed by atoms with Gasteiger partial charge < -0.3 is 4.74 Å². The lowest BCUT2D eigenvalue weighted by Crippen LogP contribution is -2.30. The van der Waals surface area contributed by atoms with Gasteiger partial charge in [-0.25, -0.2) is 0 Å². The van der Waals surface area contributed by atoms with E-state index in [0.717, 1.165) is 12.8 Å². The molecule has 100 valence electrons. The van der Waals surface area contributed by atoms with Crippen LogP contribution in [-0.2, 0) is 9.53 Å². The first kappa shape index (κ1) is 14.7. The number of esters is 1. The predicted octanol–water partition coefficient (Wildman–Crippen LogP) is 4.16. The Morgan fingerprint density at radius 2 is 1.89 bits per heavy atom. The molecule has 2 atom stereocenters. The fourth-order valence-corrected chi connectivity index (χ4v) is 2.25. The summed E-state index contributed by atoms with van der Waals surface area (Å²) in [6.45, 7) is 8.53. The van der Waals surface area contributed by atoms with Crippen molar-refractivity contribution in [2.24, 2.45) is 5.41 Å². The Morgan fingerprint density at radius 1 is 1.28 bits per heavy atom. The molecule has 0 fully saturated rings. The Hall–Kier alpha value is -1.31. The molecule has 18 heavy (non-hydrogen) atoms. The second-order valence-electron chi connectivity index (χ2n) is 5.15. The zero-order valence-corrected chi connectivity index (χ0v) is 11.9. The van der Waals surface area contributed by atoms with Crippen molar-refractivity contribution in [3.05, 3.63) is 35.9 Å². The van der Waals surface area contributed by atoms with Gasteiger partial charge in [-0.2, -0.15) is 0 Å². The van der Waals surface area contributed by atoms with E-state index in [2.05, 4.69) is 26.0 Å². The average Bonchev–Trinajstić information content (AvgIpc) is 2.39. The van der Waals surface area contributed by atoms with Crippen molar-refractivity contribution in [2.45, 2.75) is 46.5 Å². The first-order valence-corrected chi connectivity index (χ1v) is 6.75. The highest BCUT2D eigenvalue weighted by Crippen LogP contribution is 2.35. The molecule has 2 nitrogen and oxygen atoms in total. The molecule has 0 bridgehead atoms. The lowest BCUT2D eigenvalue weighted by atomic mass is 9.77. The Bertz CT molecular complexity index is 372. The number of ether oxygens (including phenoxy) is 1. The highest BCUT2D eigenvalue weighted by molar-refractivity contribution is 5.76. The summed E-state index contributed by atoms with van der Waals surface area (Å²) in [6.07, 6.45) is 1.63. The van der Waals surface area contributed by atoms with Crippen molar-refractivity contribution in [1.82, 2.24) is 0 Å². The van der Waals surface area contributed by atoms with Crippen LogP contribution in [0, 0.1) is 5.41 Å². The van der Waals surface area contributed by atoms with Gasteiger partial charge in [0, 0.05) is 0 Å². The van der Waals surface area contributed by atoms with Crippen LogP contribution < -0.4 is 0 Å². The molecule has 0 N–H and O–H groups in total. The van der Waals surface area contributed by atoms with Gasteiger partial charge in [-0.05, 0) is 38.2 Å². The van der Waals surface area contributed by atoms with Gasteiger partial charge in [-0.3, -0.25) is 4.79 Å². The van der Waals surface area contributed by atoms with E-state index in [4.69, 9.17) is 4.74 Å². The maximum atomic E-state index is 12.0. The minimum absolute atomic E-state index is 0.0738. The van der Waals surface area contributed by atoms with Crippen LogP contribution in [0.2, 0.25) is 0 Å². The Balaban J connectivity index is 2.76. The number of rotatable bonds is 6. The number of carbonyl (C=O) groups excluding carboxylic acids is 1. The molecule has 0 aliphatic heterocycles. The van der Waals surface area contributed by atoms with Gasteiger partial charge in [-0.1, -0.05) is 44.2 Å². The summed E-state index contributed by atoms with van der Waals surface area (Å²) in [6, 6.07) is 10.3. The standard InChI is InChI=1S/C16H24O2/c1-5-16(4,15(17)18-6-2)12-13(3)14-10-8-7-9-11-14/h7-11,13H,5-6,12H2,1-4H3. The summed E-state index contributed by atoms with van der Waals surface area (Å²) in [5, 5.41) is 0. The monoisotopic (exact) mass is 248 g/mol. The fourth-order valence-electron chi connectivity index (χ4n) is 2.25. The lowest BCUT2D eigenvalue weighted by Gasteiger charge is -2.29. The molecule has 1 rings (SSSR count). The van der Waals surface area contributed by atoms with Crippen LogP contribution in [0.5, 0.6) is 0 Å². The van der Waals surface area contributed by atoms with Gasteiger partial charge >= 0.3 is 5.97 Å². The molecule has 0 saturated heterocycles. The maximum absolute atomic E-state index is 12.0. The minimum atomic E-state index is -0.384. The topological polar surface area (TPSA) is 26.3 Å². The molecular formula is C16H24O2. The molecule has 0 amide bonds. The van der Waals surface area contributed by atoms with E-state index >= 15 is 0 Å². The summed E-state index contributed by atoms with van der Waals surface area (Å²) >= 11 is 0. The Kier molecular flexibility index (Phi) is 5.39. The van der Waals surface area contributed by atoms with E-state index in [9.17, 15) is 4.79 Å². The van der Waals surface area contributed by atoms with Gasteiger partial charge in [0.2, 0.25) is 0 Å². The summed E-state index contributed by atoms with van der Waals surface area (Å²) in [5.74, 6) is 0.288. The van der Waals surface area contributed by atoms with Crippen LogP contribution in [0.25, 0.3) is 0 Å². The van der Waals surface area contributed by atoms with E-state index in [1.165, 1.54) is 5.56 Å². The highest BCUT2D eigenvalue weighted by atomic mass is 16.5. The molecule has 0 aromatic heterocycles. The molecule has 0 aliphatic rings. The van der Waals surface area contributed by atoms with Crippen molar-refractivity contribution >= 4 is 5.97 Å². The van der Waals surface area contributed by atoms with E-state index in [1.54, 1.807) is 0 Å². The second-order valence-corrected chi connectivity index (χ2v) is 5.15. The van der Waals surface area contributed by atoms with Crippen molar-refractivity contribution < 1.29 is 9.53 Å². The third-order valence-corrected chi connectivity index (χ3v) is 3.67. The van der Waals surface area contributed by atoms with Crippen LogP contribution in [-0.4, -0.2) is 12.6 Å². The van der Waals surface area contributed by atoms with Crippen LogP contribution in [0.15, 0.2) is 30.3 Å². The van der Waals surface area contributed by atoms with Crippen LogP contribution in [0.3, 0.4) is 0 Å². The minimum Gasteiger partial charge on any atom is -0.466 e. The van der Waals surface area contributed by atoms with Gasteiger partial charge in [0.05, 0.1) is 12.0 Å². The van der Waals surface area contributed by atoms with Crippen LogP contribution in [0.1, 0.15) is 52.0 Å². The molecule has 0 aliphatic carbocycles. The van der Waals surface area contributed by atoms with Gasteiger partial charge in [0.15, 0.2) is 0 Å². The molecule has 0 spiro atoms. The molecule has 0 saturated carbocycles. The normalized spacial score (nSPS) is 15.8. The predicted molar refractivity (Wildman–Crippen MR) is 74.5 cm³/mol. The fraction of sp³-hybridized carbons (Fsp3) is 0.562. The summed E-state index contributed by atoms with van der Waals surface area (Å²) in [5.41, 5.74) is 0.895. The van der Waals surface area contributed by atoms with Crippen molar-refractivity contribution in [1.29, 1.82) is 0 Å². The average molecular weight is 248 g/mol. The Morgan fingerprint density at radius 3 is 2.39 bits per heavy atom. The zero-order valence-electron chi connectivity index (χ0n) is 11.9. The number of carbonyl (C=O) groups is 1. The second kappa shape index (κ2) is 6.58. The third-order valence-electron chi connectivity index (χ3n) is 3.67. The molecule has 1 aromatic carbocycles. The molecule has 0 radical (unpaired) electrons. The van der Waals surface area contributed by atoms with Crippen molar-refractivity contribution in [3.63, 3.8) is 0 Å². The number of hydrogen-bond acceptors (Lipinski definition) is 2. The quantitative estimate of drug-likeness (QED) is 0.707. The summed E-state index contributed by atoms with van der Waals surface area (Å²) in [7, 11) is 0. The molecule has 2 heteroatoms. The largest absolute Gasteiger partial charge is 0.466 e. The Labute approximate surface area is 110 Å². The highest BCUT2D eigenvalue weighted by Gasteiger charge is 2.34. The van der Waals surface area contributed by atoms with Crippen LogP contribution >= 0.6 is 0 Å². The maximum Gasteiger partial charge on any atom is 0.311 e. The van der Waals surface area contributed by atoms with Crippen molar-refractivity contribution in [2.75, 3.05) is 6.61 Å². The molecule has 1 aromatic rings. The first-order chi connectivity index (χ1) is 8.53. The van der Waals surface area contributed by atoms with Gasteiger partial charge in [0.1, 0.15) is 0 Å². The van der Waals surface area contributed by atoms with Crippen molar-refractivity contribution in [3.8, 4) is 0 Å². The first-order valence-electron chi connectivity index (χ1n) is 6.75. The SMILES string of the molecule is CCOC(=O)C(C)(CC)CC(C)c1ccccc1. The molecular weight excluding hydrogens is 224 g/mol. The van der Waals surface area contributed by atoms with E-state index in [-0.39, 0.29) is 11.4 Å². The number of hydrogen-bond donors (Lipinski definition) is 0. The molecule has 0 heterocycles. The summed E-state index contributed by atoms with van der Waals surface area (Å²) < 4.78 is 5.20. The van der Waals surface area contributed by atoms with Crippen LogP contribution in [0.4, 0.5) is 0 Å². The van der Waals surface area contributed by atoms with E-state index < -0.39 is 0 Å². The van der Waals surface area contributed by atoms with Gasteiger partial charge in [-0.15, -0.1) is 0 Å². The zero-order chi connectivity index (χ0) is 13.6. The smallest absolute Gasteiger partial charge is 0.311 e. The number of benzene rings is 1.